The molecule has 0 aliphatic heterocycles. The summed E-state index contributed by atoms with van der Waals surface area (Å²) in [5.41, 5.74) is -0.447. The van der Waals surface area contributed by atoms with E-state index in [2.05, 4.69) is 20.8 Å². The van der Waals surface area contributed by atoms with Gasteiger partial charge in [-0.3, -0.25) is 4.79 Å². The van der Waals surface area contributed by atoms with Gasteiger partial charge < -0.3 is 14.4 Å². The molecule has 6 nitrogen and oxygen atoms in total. The van der Waals surface area contributed by atoms with Gasteiger partial charge in [-0.15, -0.1) is 0 Å². The van der Waals surface area contributed by atoms with E-state index in [9.17, 15) is 9.59 Å². The van der Waals surface area contributed by atoms with E-state index < -0.39 is 17.6 Å². The van der Waals surface area contributed by atoms with E-state index in [1.807, 2.05) is 26.8 Å². The van der Waals surface area contributed by atoms with Gasteiger partial charge in [-0.25, -0.2) is 4.79 Å². The maximum atomic E-state index is 12.3. The van der Waals surface area contributed by atoms with E-state index in [0.29, 0.717) is 13.0 Å². The molecule has 6 heteroatoms. The molecule has 0 saturated carbocycles. The van der Waals surface area contributed by atoms with E-state index in [1.165, 1.54) is 12.0 Å². The second-order valence-corrected chi connectivity index (χ2v) is 7.70. The molecule has 0 spiro atoms. The Bertz CT molecular complexity index is 441. The molecule has 0 unspecified atom stereocenters. The zero-order valence-corrected chi connectivity index (χ0v) is 15.4. The summed E-state index contributed by atoms with van der Waals surface area (Å²) in [7, 11) is 1.28. The first-order valence-electron chi connectivity index (χ1n) is 7.79. The van der Waals surface area contributed by atoms with Crippen LogP contribution in [0.4, 0.5) is 0 Å². The second kappa shape index (κ2) is 8.88. The van der Waals surface area contributed by atoms with Crippen LogP contribution < -0.4 is 0 Å². The number of nitriles is 1. The summed E-state index contributed by atoms with van der Waals surface area (Å²) >= 11 is 0. The third kappa shape index (κ3) is 9.19. The lowest BCUT2D eigenvalue weighted by Crippen LogP contribution is -2.50. The zero-order chi connectivity index (χ0) is 18.3. The van der Waals surface area contributed by atoms with Crippen LogP contribution in [0.15, 0.2) is 0 Å². The van der Waals surface area contributed by atoms with Crippen molar-refractivity contribution in [3.63, 3.8) is 0 Å². The topological polar surface area (TPSA) is 79.6 Å². The largest absolute Gasteiger partial charge is 0.467 e. The standard InChI is InChI=1S/C17H30N2O4/c1-16(2,3)9-11-19(14(20)8-10-18)13(15(21)22-7)12-23-17(4,5)6/h13H,8-9,11-12H2,1-7H3/t13-/m0/s1. The van der Waals surface area contributed by atoms with Gasteiger partial charge >= 0.3 is 5.97 Å². The Labute approximate surface area is 139 Å². The first-order chi connectivity index (χ1) is 10.4. The van der Waals surface area contributed by atoms with E-state index >= 15 is 0 Å². The molecule has 0 fully saturated rings. The number of carbonyl (C=O) groups excluding carboxylic acids is 2. The van der Waals surface area contributed by atoms with Gasteiger partial charge in [-0.2, -0.15) is 5.26 Å². The molecule has 0 radical (unpaired) electrons. The second-order valence-electron chi connectivity index (χ2n) is 7.70. The van der Waals surface area contributed by atoms with Crippen LogP contribution in [0.5, 0.6) is 0 Å². The Morgan fingerprint density at radius 2 is 1.74 bits per heavy atom. The van der Waals surface area contributed by atoms with Gasteiger partial charge in [0.15, 0.2) is 6.04 Å². The Morgan fingerprint density at radius 3 is 2.13 bits per heavy atom. The minimum absolute atomic E-state index is 0.00325. The van der Waals surface area contributed by atoms with Crippen molar-refractivity contribution in [3.8, 4) is 6.07 Å². The highest BCUT2D eigenvalue weighted by Gasteiger charge is 2.32. The van der Waals surface area contributed by atoms with E-state index in [0.717, 1.165) is 0 Å². The molecule has 23 heavy (non-hydrogen) atoms. The molecule has 1 amide bonds. The predicted molar refractivity (Wildman–Crippen MR) is 87.5 cm³/mol. The maximum Gasteiger partial charge on any atom is 0.331 e. The number of hydrogen-bond donors (Lipinski definition) is 0. The van der Waals surface area contributed by atoms with E-state index in [4.69, 9.17) is 14.7 Å². The molecule has 0 aliphatic rings. The van der Waals surface area contributed by atoms with Gasteiger partial charge in [-0.05, 0) is 32.6 Å². The number of rotatable bonds is 7. The number of esters is 1. The van der Waals surface area contributed by atoms with Crippen molar-refractivity contribution < 1.29 is 19.1 Å². The summed E-state index contributed by atoms with van der Waals surface area (Å²) in [6.07, 6.45) is 0.431. The molecule has 0 rings (SSSR count). The third-order valence-corrected chi connectivity index (χ3v) is 3.18. The van der Waals surface area contributed by atoms with E-state index in [1.54, 1.807) is 0 Å². The van der Waals surface area contributed by atoms with Crippen molar-refractivity contribution in [2.75, 3.05) is 20.3 Å². The van der Waals surface area contributed by atoms with Gasteiger partial charge in [-0.1, -0.05) is 20.8 Å². The van der Waals surface area contributed by atoms with Crippen molar-refractivity contribution in [2.24, 2.45) is 5.41 Å². The summed E-state index contributed by atoms with van der Waals surface area (Å²) < 4.78 is 10.5. The SMILES string of the molecule is COC(=O)[C@H](COC(C)(C)C)N(CCC(C)(C)C)C(=O)CC#N. The molecule has 132 valence electrons. The fourth-order valence-corrected chi connectivity index (χ4v) is 1.83. The van der Waals surface area contributed by atoms with Crippen LogP contribution in [0.3, 0.4) is 0 Å². The van der Waals surface area contributed by atoms with Gasteiger partial charge in [0.05, 0.1) is 25.4 Å². The number of carbonyl (C=O) groups is 2. The molecular weight excluding hydrogens is 296 g/mol. The smallest absolute Gasteiger partial charge is 0.331 e. The summed E-state index contributed by atoms with van der Waals surface area (Å²) in [4.78, 5) is 25.8. The molecule has 0 bridgehead atoms. The highest BCUT2D eigenvalue weighted by molar-refractivity contribution is 5.85. The molecule has 0 heterocycles. The summed E-state index contributed by atoms with van der Waals surface area (Å²) in [5.74, 6) is -0.917. The Balaban J connectivity index is 5.31. The van der Waals surface area contributed by atoms with Gasteiger partial charge in [0.25, 0.3) is 0 Å². The van der Waals surface area contributed by atoms with Crippen molar-refractivity contribution in [3.05, 3.63) is 0 Å². The highest BCUT2D eigenvalue weighted by Crippen LogP contribution is 2.21. The highest BCUT2D eigenvalue weighted by atomic mass is 16.5. The number of amides is 1. The van der Waals surface area contributed by atoms with Gasteiger partial charge in [0.1, 0.15) is 6.42 Å². The minimum atomic E-state index is -0.845. The van der Waals surface area contributed by atoms with Gasteiger partial charge in [0.2, 0.25) is 5.91 Å². The molecule has 0 saturated heterocycles. The number of ether oxygens (including phenoxy) is 2. The fraction of sp³-hybridized carbons (Fsp3) is 0.824. The summed E-state index contributed by atoms with van der Waals surface area (Å²) in [5, 5.41) is 8.81. The molecule has 0 N–H and O–H groups in total. The van der Waals surface area contributed by atoms with Crippen LogP contribution in [-0.2, 0) is 19.1 Å². The average Bonchev–Trinajstić information content (AvgIpc) is 2.39. The molecule has 0 aromatic heterocycles. The molecule has 0 aromatic carbocycles. The lowest BCUT2D eigenvalue weighted by atomic mass is 9.92. The summed E-state index contributed by atoms with van der Waals surface area (Å²) in [6.45, 7) is 12.2. The van der Waals surface area contributed by atoms with Crippen molar-refractivity contribution in [2.45, 2.75) is 66.0 Å². The maximum absolute atomic E-state index is 12.3. The van der Waals surface area contributed by atoms with Crippen LogP contribution in [0.2, 0.25) is 0 Å². The van der Waals surface area contributed by atoms with Crippen LogP contribution in [-0.4, -0.2) is 48.7 Å². The van der Waals surface area contributed by atoms with Crippen LogP contribution in [0, 0.1) is 16.7 Å². The van der Waals surface area contributed by atoms with Crippen molar-refractivity contribution in [1.29, 1.82) is 5.26 Å². The number of methoxy groups -OCH3 is 1. The van der Waals surface area contributed by atoms with Crippen LogP contribution in [0.25, 0.3) is 0 Å². The Kier molecular flexibility index (Phi) is 8.25. The molecule has 1 atom stereocenters. The lowest BCUT2D eigenvalue weighted by Gasteiger charge is -2.33. The Hall–Kier alpha value is -1.61. The Morgan fingerprint density at radius 1 is 1.17 bits per heavy atom. The minimum Gasteiger partial charge on any atom is -0.467 e. The van der Waals surface area contributed by atoms with Crippen LogP contribution in [0.1, 0.15) is 54.4 Å². The quantitative estimate of drug-likeness (QED) is 0.672. The van der Waals surface area contributed by atoms with Crippen LogP contribution >= 0.6 is 0 Å². The first-order valence-corrected chi connectivity index (χ1v) is 7.79. The average molecular weight is 326 g/mol. The normalized spacial score (nSPS) is 13.1. The lowest BCUT2D eigenvalue weighted by molar-refractivity contribution is -0.158. The van der Waals surface area contributed by atoms with Crippen molar-refractivity contribution >= 4 is 11.9 Å². The van der Waals surface area contributed by atoms with Gasteiger partial charge in [0, 0.05) is 6.54 Å². The molecule has 0 aromatic rings. The monoisotopic (exact) mass is 326 g/mol. The summed E-state index contributed by atoms with van der Waals surface area (Å²) in [6, 6.07) is 1.00. The van der Waals surface area contributed by atoms with E-state index in [-0.39, 0.29) is 24.3 Å². The first kappa shape index (κ1) is 21.4. The molecular formula is C17H30N2O4. The fourth-order valence-electron chi connectivity index (χ4n) is 1.83. The van der Waals surface area contributed by atoms with Crippen molar-refractivity contribution in [1.82, 2.24) is 4.90 Å². The number of hydrogen-bond acceptors (Lipinski definition) is 5. The number of nitrogens with zero attached hydrogens (tertiary/aromatic N) is 2. The zero-order valence-electron chi connectivity index (χ0n) is 15.4. The third-order valence-electron chi connectivity index (χ3n) is 3.18. The predicted octanol–water partition coefficient (Wildman–Crippen LogP) is 2.52. The molecule has 0 aliphatic carbocycles.